The van der Waals surface area contributed by atoms with Gasteiger partial charge in [0.25, 0.3) is 5.91 Å². The van der Waals surface area contributed by atoms with Crippen molar-refractivity contribution in [3.05, 3.63) is 83.4 Å². The highest BCUT2D eigenvalue weighted by molar-refractivity contribution is 5.89. The largest absolute Gasteiger partial charge is 0.497 e. The molecule has 2 N–H and O–H groups in total. The van der Waals surface area contributed by atoms with Crippen LogP contribution in [0.2, 0.25) is 0 Å². The van der Waals surface area contributed by atoms with Gasteiger partial charge in [0.2, 0.25) is 0 Å². The fourth-order valence-corrected chi connectivity index (χ4v) is 3.98. The average Bonchev–Trinajstić information content (AvgIpc) is 2.95. The highest BCUT2D eigenvalue weighted by Gasteiger charge is 2.33. The lowest BCUT2D eigenvalue weighted by molar-refractivity contribution is -0.145. The molecule has 0 spiro atoms. The van der Waals surface area contributed by atoms with Crippen molar-refractivity contribution in [2.24, 2.45) is 5.92 Å². The lowest BCUT2D eigenvalue weighted by atomic mass is 10.0. The topological polar surface area (TPSA) is 103 Å². The van der Waals surface area contributed by atoms with E-state index >= 15 is 0 Å². The summed E-state index contributed by atoms with van der Waals surface area (Å²) in [5.41, 5.74) is 1.61. The highest BCUT2D eigenvalue weighted by Crippen LogP contribution is 2.26. The molecule has 0 unspecified atom stereocenters. The summed E-state index contributed by atoms with van der Waals surface area (Å²) in [5, 5.41) is 12.0. The van der Waals surface area contributed by atoms with Crippen LogP contribution < -0.4 is 24.3 Å². The summed E-state index contributed by atoms with van der Waals surface area (Å²) in [7, 11) is 3.25. The quantitative estimate of drug-likeness (QED) is 0.225. The lowest BCUT2D eigenvalue weighted by Gasteiger charge is -2.27. The number of carbonyl (C=O) groups is 2. The van der Waals surface area contributed by atoms with Crippen LogP contribution in [0, 0.1) is 5.92 Å². The Morgan fingerprint density at radius 1 is 0.829 bits per heavy atom. The van der Waals surface area contributed by atoms with E-state index in [0.717, 1.165) is 22.4 Å². The van der Waals surface area contributed by atoms with Gasteiger partial charge in [0.15, 0.2) is 5.60 Å². The molecule has 0 aliphatic heterocycles. The van der Waals surface area contributed by atoms with Crippen LogP contribution in [0.3, 0.4) is 0 Å². The molecule has 0 bridgehead atoms. The van der Waals surface area contributed by atoms with Gasteiger partial charge in [-0.15, -0.1) is 0 Å². The molecule has 41 heavy (non-hydrogen) atoms. The van der Waals surface area contributed by atoms with Crippen LogP contribution in [-0.4, -0.2) is 42.8 Å². The molecular formula is C33H39NO7. The molecule has 0 saturated carbocycles. The van der Waals surface area contributed by atoms with Gasteiger partial charge in [0, 0.05) is 6.07 Å². The van der Waals surface area contributed by atoms with Crippen molar-refractivity contribution in [2.75, 3.05) is 14.2 Å². The molecule has 8 heteroatoms. The normalized spacial score (nSPS) is 12.2. The molecule has 3 aromatic carbocycles. The Labute approximate surface area is 241 Å². The van der Waals surface area contributed by atoms with E-state index in [4.69, 9.17) is 18.9 Å². The fourth-order valence-electron chi connectivity index (χ4n) is 3.98. The number of ether oxygens (including phenoxy) is 4. The summed E-state index contributed by atoms with van der Waals surface area (Å²) in [6.07, 6.45) is 4.33. The summed E-state index contributed by atoms with van der Waals surface area (Å²) < 4.78 is 22.6. The first-order valence-electron chi connectivity index (χ1n) is 13.4. The van der Waals surface area contributed by atoms with E-state index in [9.17, 15) is 14.7 Å². The van der Waals surface area contributed by atoms with E-state index in [1.165, 1.54) is 0 Å². The number of carbonyl (C=O) groups excluding carboxylic acids is 1. The summed E-state index contributed by atoms with van der Waals surface area (Å²) in [5.74, 6) is 1.19. The lowest BCUT2D eigenvalue weighted by Crippen LogP contribution is -2.52. The Morgan fingerprint density at radius 3 is 2.00 bits per heavy atom. The standard InChI is InChI=1S/C33H39NO7/c1-22(2)17-30(31(35)36)34-32(37)33(3,4)41-27-15-11-24(12-16-27)21-40-29-19-25(18-28(20-29)39-6)8-7-23-9-13-26(38-5)14-10-23/h7-16,18-20,22,30H,17,21H2,1-6H3,(H,34,37)(H,35,36)/b8-7+/t30-/m1/s1. The zero-order chi connectivity index (χ0) is 30.0. The molecule has 1 atom stereocenters. The van der Waals surface area contributed by atoms with Crippen molar-refractivity contribution in [1.29, 1.82) is 0 Å². The first kappa shape index (κ1) is 31.1. The van der Waals surface area contributed by atoms with Gasteiger partial charge >= 0.3 is 5.97 Å². The Morgan fingerprint density at radius 2 is 1.41 bits per heavy atom. The molecule has 0 aromatic heterocycles. The molecule has 0 radical (unpaired) electrons. The second kappa shape index (κ2) is 14.3. The molecule has 0 aliphatic rings. The minimum absolute atomic E-state index is 0.120. The number of carboxylic acid groups (broad SMARTS) is 1. The molecule has 3 rings (SSSR count). The van der Waals surface area contributed by atoms with Gasteiger partial charge in [-0.05, 0) is 79.3 Å². The molecule has 0 fully saturated rings. The third-order valence-electron chi connectivity index (χ3n) is 6.28. The maximum absolute atomic E-state index is 12.8. The zero-order valence-corrected chi connectivity index (χ0v) is 24.5. The van der Waals surface area contributed by atoms with Crippen LogP contribution in [-0.2, 0) is 16.2 Å². The van der Waals surface area contributed by atoms with Crippen molar-refractivity contribution in [3.8, 4) is 23.0 Å². The predicted octanol–water partition coefficient (Wildman–Crippen LogP) is 6.23. The van der Waals surface area contributed by atoms with Crippen LogP contribution in [0.25, 0.3) is 12.2 Å². The molecule has 218 valence electrons. The van der Waals surface area contributed by atoms with Crippen LogP contribution in [0.1, 0.15) is 50.8 Å². The first-order chi connectivity index (χ1) is 19.5. The van der Waals surface area contributed by atoms with Gasteiger partial charge in [-0.1, -0.05) is 50.3 Å². The van der Waals surface area contributed by atoms with Gasteiger partial charge < -0.3 is 29.4 Å². The van der Waals surface area contributed by atoms with Crippen molar-refractivity contribution < 1.29 is 33.6 Å². The number of hydrogen-bond acceptors (Lipinski definition) is 6. The third kappa shape index (κ3) is 9.60. The summed E-state index contributed by atoms with van der Waals surface area (Å²) in [6.45, 7) is 7.34. The predicted molar refractivity (Wildman–Crippen MR) is 159 cm³/mol. The summed E-state index contributed by atoms with van der Waals surface area (Å²) in [6, 6.07) is 19.7. The van der Waals surface area contributed by atoms with Gasteiger partial charge in [-0.25, -0.2) is 4.79 Å². The number of hydrogen-bond donors (Lipinski definition) is 2. The maximum Gasteiger partial charge on any atom is 0.326 e. The number of aliphatic carboxylic acids is 1. The smallest absolute Gasteiger partial charge is 0.326 e. The molecule has 1 amide bonds. The number of benzene rings is 3. The minimum Gasteiger partial charge on any atom is -0.497 e. The van der Waals surface area contributed by atoms with E-state index in [2.05, 4.69) is 5.32 Å². The molecule has 3 aromatic rings. The number of nitrogens with one attached hydrogen (secondary N) is 1. The number of methoxy groups -OCH3 is 2. The Balaban J connectivity index is 1.61. The molecule has 8 nitrogen and oxygen atoms in total. The second-order valence-electron chi connectivity index (χ2n) is 10.6. The molecular weight excluding hydrogens is 522 g/mol. The number of amides is 1. The van der Waals surface area contributed by atoms with Crippen LogP contribution >= 0.6 is 0 Å². The minimum atomic E-state index is -1.26. The van der Waals surface area contributed by atoms with E-state index in [1.807, 2.05) is 80.6 Å². The van der Waals surface area contributed by atoms with Crippen molar-refractivity contribution in [2.45, 2.75) is 52.4 Å². The number of carboxylic acids is 1. The van der Waals surface area contributed by atoms with Gasteiger partial charge in [0.05, 0.1) is 14.2 Å². The summed E-state index contributed by atoms with van der Waals surface area (Å²) in [4.78, 5) is 24.3. The monoisotopic (exact) mass is 561 g/mol. The van der Waals surface area contributed by atoms with E-state index in [1.54, 1.807) is 40.2 Å². The third-order valence-corrected chi connectivity index (χ3v) is 6.28. The van der Waals surface area contributed by atoms with Crippen molar-refractivity contribution in [3.63, 3.8) is 0 Å². The summed E-state index contributed by atoms with van der Waals surface area (Å²) >= 11 is 0. The molecule has 0 aliphatic carbocycles. The van der Waals surface area contributed by atoms with Gasteiger partial charge in [-0.2, -0.15) is 0 Å². The van der Waals surface area contributed by atoms with Crippen molar-refractivity contribution >= 4 is 24.0 Å². The highest BCUT2D eigenvalue weighted by atomic mass is 16.5. The zero-order valence-electron chi connectivity index (χ0n) is 24.5. The first-order valence-corrected chi connectivity index (χ1v) is 13.4. The van der Waals surface area contributed by atoms with E-state index in [-0.39, 0.29) is 5.92 Å². The van der Waals surface area contributed by atoms with Crippen LogP contribution in [0.4, 0.5) is 0 Å². The second-order valence-corrected chi connectivity index (χ2v) is 10.6. The van der Waals surface area contributed by atoms with Gasteiger partial charge in [-0.3, -0.25) is 4.79 Å². The molecule has 0 heterocycles. The molecule has 0 saturated heterocycles. The van der Waals surface area contributed by atoms with Crippen LogP contribution in [0.15, 0.2) is 66.7 Å². The van der Waals surface area contributed by atoms with E-state index in [0.29, 0.717) is 30.3 Å². The SMILES string of the molecule is COc1ccc(/C=C/c2cc(OC)cc(OCc3ccc(OC(C)(C)C(=O)N[C@H](CC(C)C)C(=O)O)cc3)c2)cc1. The maximum atomic E-state index is 12.8. The average molecular weight is 562 g/mol. The number of rotatable bonds is 14. The Kier molecular flexibility index (Phi) is 10.8. The Bertz CT molecular complexity index is 1330. The Hall–Kier alpha value is -4.46. The van der Waals surface area contributed by atoms with Crippen LogP contribution in [0.5, 0.6) is 23.0 Å². The van der Waals surface area contributed by atoms with Crippen molar-refractivity contribution in [1.82, 2.24) is 5.32 Å². The van der Waals surface area contributed by atoms with E-state index < -0.39 is 23.5 Å². The fraction of sp³-hybridized carbons (Fsp3) is 0.333. The van der Waals surface area contributed by atoms with Gasteiger partial charge in [0.1, 0.15) is 35.6 Å².